The first-order valence-electron chi connectivity index (χ1n) is 6.23. The standard InChI is InChI=1S/C14H21NO/c1-3-11(2)10-16-13-8-12-6-4-5-7-14(12)15-9-13/h4-7,11,13,15H,3,8-10H2,1-2H3. The van der Waals surface area contributed by atoms with E-state index in [4.69, 9.17) is 4.74 Å². The Balaban J connectivity index is 1.88. The Kier molecular flexibility index (Phi) is 3.83. The van der Waals surface area contributed by atoms with Crippen LogP contribution in [0.25, 0.3) is 0 Å². The molecule has 2 nitrogen and oxygen atoms in total. The van der Waals surface area contributed by atoms with Crippen molar-refractivity contribution in [3.63, 3.8) is 0 Å². The first-order chi connectivity index (χ1) is 7.79. The molecule has 0 saturated heterocycles. The third-order valence-electron chi connectivity index (χ3n) is 3.30. The van der Waals surface area contributed by atoms with Gasteiger partial charge in [0.25, 0.3) is 0 Å². The van der Waals surface area contributed by atoms with Crippen LogP contribution in [0, 0.1) is 5.92 Å². The van der Waals surface area contributed by atoms with Gasteiger partial charge in [0.15, 0.2) is 0 Å². The van der Waals surface area contributed by atoms with Crippen LogP contribution in [-0.4, -0.2) is 19.3 Å². The fourth-order valence-corrected chi connectivity index (χ4v) is 1.95. The van der Waals surface area contributed by atoms with Crippen LogP contribution in [-0.2, 0) is 11.2 Å². The SMILES string of the molecule is CCC(C)COC1CNc2ccccc2C1. The highest BCUT2D eigenvalue weighted by atomic mass is 16.5. The van der Waals surface area contributed by atoms with Gasteiger partial charge >= 0.3 is 0 Å². The minimum absolute atomic E-state index is 0.337. The lowest BCUT2D eigenvalue weighted by atomic mass is 10.0. The molecule has 0 saturated carbocycles. The second-order valence-corrected chi connectivity index (χ2v) is 4.71. The van der Waals surface area contributed by atoms with E-state index in [2.05, 4.69) is 43.4 Å². The summed E-state index contributed by atoms with van der Waals surface area (Å²) in [5, 5.41) is 3.43. The number of rotatable bonds is 4. The van der Waals surface area contributed by atoms with Gasteiger partial charge in [0.1, 0.15) is 0 Å². The summed E-state index contributed by atoms with van der Waals surface area (Å²) in [6, 6.07) is 8.49. The van der Waals surface area contributed by atoms with E-state index in [9.17, 15) is 0 Å². The maximum absolute atomic E-state index is 5.93. The van der Waals surface area contributed by atoms with Crippen LogP contribution in [0.3, 0.4) is 0 Å². The molecular weight excluding hydrogens is 198 g/mol. The number of nitrogens with one attached hydrogen (secondary N) is 1. The number of hydrogen-bond donors (Lipinski definition) is 1. The average molecular weight is 219 g/mol. The topological polar surface area (TPSA) is 21.3 Å². The zero-order valence-electron chi connectivity index (χ0n) is 10.2. The van der Waals surface area contributed by atoms with E-state index < -0.39 is 0 Å². The Labute approximate surface area is 98.0 Å². The highest BCUT2D eigenvalue weighted by Gasteiger charge is 2.18. The Bertz CT molecular complexity index is 337. The highest BCUT2D eigenvalue weighted by molar-refractivity contribution is 5.53. The van der Waals surface area contributed by atoms with Crippen molar-refractivity contribution in [2.24, 2.45) is 5.92 Å². The molecule has 0 bridgehead atoms. The van der Waals surface area contributed by atoms with Crippen LogP contribution >= 0.6 is 0 Å². The summed E-state index contributed by atoms with van der Waals surface area (Å²) in [5.41, 5.74) is 2.65. The fourth-order valence-electron chi connectivity index (χ4n) is 1.95. The largest absolute Gasteiger partial charge is 0.382 e. The fraction of sp³-hybridized carbons (Fsp3) is 0.571. The Morgan fingerprint density at radius 3 is 3.06 bits per heavy atom. The van der Waals surface area contributed by atoms with Gasteiger partial charge in [-0.15, -0.1) is 0 Å². The number of benzene rings is 1. The zero-order chi connectivity index (χ0) is 11.4. The summed E-state index contributed by atoms with van der Waals surface area (Å²) in [6.07, 6.45) is 2.57. The van der Waals surface area contributed by atoms with E-state index in [1.807, 2.05) is 0 Å². The summed E-state index contributed by atoms with van der Waals surface area (Å²) in [4.78, 5) is 0. The Morgan fingerprint density at radius 2 is 2.25 bits per heavy atom. The van der Waals surface area contributed by atoms with Gasteiger partial charge in [-0.05, 0) is 17.5 Å². The molecule has 0 spiro atoms. The van der Waals surface area contributed by atoms with Crippen LogP contribution in [0.4, 0.5) is 5.69 Å². The van der Waals surface area contributed by atoms with Crippen molar-refractivity contribution in [1.29, 1.82) is 0 Å². The summed E-state index contributed by atoms with van der Waals surface area (Å²) < 4.78 is 5.93. The molecule has 0 aliphatic carbocycles. The second kappa shape index (κ2) is 5.35. The molecule has 1 aromatic carbocycles. The number of para-hydroxylation sites is 1. The van der Waals surface area contributed by atoms with Gasteiger partial charge in [0, 0.05) is 25.3 Å². The van der Waals surface area contributed by atoms with E-state index >= 15 is 0 Å². The summed E-state index contributed by atoms with van der Waals surface area (Å²) in [5.74, 6) is 0.664. The van der Waals surface area contributed by atoms with E-state index in [1.165, 1.54) is 17.7 Å². The maximum Gasteiger partial charge on any atom is 0.0788 e. The molecular formula is C14H21NO. The van der Waals surface area contributed by atoms with Crippen LogP contribution < -0.4 is 5.32 Å². The van der Waals surface area contributed by atoms with Crippen molar-refractivity contribution in [1.82, 2.24) is 0 Å². The molecule has 88 valence electrons. The predicted molar refractivity (Wildman–Crippen MR) is 67.8 cm³/mol. The van der Waals surface area contributed by atoms with Gasteiger partial charge in [-0.2, -0.15) is 0 Å². The molecule has 1 aliphatic heterocycles. The zero-order valence-corrected chi connectivity index (χ0v) is 10.2. The quantitative estimate of drug-likeness (QED) is 0.840. The molecule has 0 aromatic heterocycles. The Hall–Kier alpha value is -1.02. The van der Waals surface area contributed by atoms with Gasteiger partial charge in [-0.1, -0.05) is 38.5 Å². The first-order valence-corrected chi connectivity index (χ1v) is 6.23. The van der Waals surface area contributed by atoms with E-state index in [-0.39, 0.29) is 0 Å². The van der Waals surface area contributed by atoms with E-state index in [0.717, 1.165) is 19.6 Å². The van der Waals surface area contributed by atoms with Gasteiger partial charge in [-0.25, -0.2) is 0 Å². The molecule has 1 heterocycles. The third kappa shape index (κ3) is 2.76. The number of ether oxygens (including phenoxy) is 1. The Morgan fingerprint density at radius 1 is 1.44 bits per heavy atom. The van der Waals surface area contributed by atoms with Crippen LogP contribution in [0.5, 0.6) is 0 Å². The molecule has 2 atom stereocenters. The molecule has 1 N–H and O–H groups in total. The lowest BCUT2D eigenvalue weighted by Crippen LogP contribution is -2.31. The molecule has 2 unspecified atom stereocenters. The molecule has 16 heavy (non-hydrogen) atoms. The first kappa shape index (κ1) is 11.5. The summed E-state index contributed by atoms with van der Waals surface area (Å²) >= 11 is 0. The number of anilines is 1. The molecule has 2 rings (SSSR count). The van der Waals surface area contributed by atoms with Gasteiger partial charge in [-0.3, -0.25) is 0 Å². The molecule has 2 heteroatoms. The third-order valence-corrected chi connectivity index (χ3v) is 3.30. The van der Waals surface area contributed by atoms with Gasteiger partial charge < -0.3 is 10.1 Å². The smallest absolute Gasteiger partial charge is 0.0788 e. The van der Waals surface area contributed by atoms with E-state index in [0.29, 0.717) is 12.0 Å². The second-order valence-electron chi connectivity index (χ2n) is 4.71. The average Bonchev–Trinajstić information content (AvgIpc) is 2.35. The highest BCUT2D eigenvalue weighted by Crippen LogP contribution is 2.22. The molecule has 0 fully saturated rings. The monoisotopic (exact) mass is 219 g/mol. The lowest BCUT2D eigenvalue weighted by Gasteiger charge is -2.27. The van der Waals surface area contributed by atoms with Crippen molar-refractivity contribution in [2.45, 2.75) is 32.8 Å². The summed E-state index contributed by atoms with van der Waals surface area (Å²) in [6.45, 7) is 6.27. The minimum Gasteiger partial charge on any atom is -0.382 e. The summed E-state index contributed by atoms with van der Waals surface area (Å²) in [7, 11) is 0. The number of hydrogen-bond acceptors (Lipinski definition) is 2. The molecule has 1 aromatic rings. The van der Waals surface area contributed by atoms with Crippen LogP contribution in [0.1, 0.15) is 25.8 Å². The predicted octanol–water partition coefficient (Wildman–Crippen LogP) is 3.09. The van der Waals surface area contributed by atoms with Gasteiger partial charge in [0.05, 0.1) is 6.10 Å². The van der Waals surface area contributed by atoms with Gasteiger partial charge in [0.2, 0.25) is 0 Å². The van der Waals surface area contributed by atoms with E-state index in [1.54, 1.807) is 0 Å². The maximum atomic E-state index is 5.93. The van der Waals surface area contributed by atoms with Crippen LogP contribution in [0.15, 0.2) is 24.3 Å². The molecule has 1 aliphatic rings. The van der Waals surface area contributed by atoms with Crippen molar-refractivity contribution in [3.8, 4) is 0 Å². The van der Waals surface area contributed by atoms with Crippen LogP contribution in [0.2, 0.25) is 0 Å². The van der Waals surface area contributed by atoms with Crippen molar-refractivity contribution in [3.05, 3.63) is 29.8 Å². The van der Waals surface area contributed by atoms with Crippen molar-refractivity contribution < 1.29 is 4.74 Å². The minimum atomic E-state index is 0.337. The normalized spacial score (nSPS) is 21.0. The molecule has 0 amide bonds. The van der Waals surface area contributed by atoms with Crippen molar-refractivity contribution in [2.75, 3.05) is 18.5 Å². The molecule has 0 radical (unpaired) electrons. The lowest BCUT2D eigenvalue weighted by molar-refractivity contribution is 0.0383. The van der Waals surface area contributed by atoms with Crippen molar-refractivity contribution >= 4 is 5.69 Å². The number of fused-ring (bicyclic) bond motifs is 1.